The van der Waals surface area contributed by atoms with Gasteiger partial charge < -0.3 is 19.1 Å². The highest BCUT2D eigenvalue weighted by atomic mass is 32.1. The van der Waals surface area contributed by atoms with Crippen LogP contribution in [0.2, 0.25) is 0 Å². The molecule has 33 heavy (non-hydrogen) atoms. The summed E-state index contributed by atoms with van der Waals surface area (Å²) in [5.41, 5.74) is 0.758. The van der Waals surface area contributed by atoms with Gasteiger partial charge in [0.15, 0.2) is 0 Å². The molecule has 0 unspecified atom stereocenters. The molecule has 3 atom stereocenters. The summed E-state index contributed by atoms with van der Waals surface area (Å²) in [5, 5.41) is 0.327. The van der Waals surface area contributed by atoms with Gasteiger partial charge >= 0.3 is 11.7 Å². The molecule has 1 aromatic carbocycles. The van der Waals surface area contributed by atoms with Crippen LogP contribution in [0, 0.1) is 13.8 Å². The van der Waals surface area contributed by atoms with Gasteiger partial charge in [0.2, 0.25) is 0 Å². The normalized spacial score (nSPS) is 19.8. The Bertz CT molecular complexity index is 1110. The fourth-order valence-electron chi connectivity index (χ4n) is 3.57. The lowest BCUT2D eigenvalue weighted by atomic mass is 10.1. The summed E-state index contributed by atoms with van der Waals surface area (Å²) in [7, 11) is 0. The second-order valence-corrected chi connectivity index (χ2v) is 8.25. The molecule has 1 saturated heterocycles. The van der Waals surface area contributed by atoms with E-state index in [2.05, 4.69) is 4.98 Å². The fraction of sp³-hybridized carbons (Fsp3) is 0.478. The zero-order valence-electron chi connectivity index (χ0n) is 19.2. The second kappa shape index (κ2) is 10.8. The zero-order valence-corrected chi connectivity index (χ0v) is 20.0. The third kappa shape index (κ3) is 5.88. The van der Waals surface area contributed by atoms with Crippen LogP contribution in [0.25, 0.3) is 0 Å². The summed E-state index contributed by atoms with van der Waals surface area (Å²) < 4.78 is 18.9. The van der Waals surface area contributed by atoms with Crippen molar-refractivity contribution in [2.45, 2.75) is 52.6 Å². The number of carbonyl (C=O) groups is 1. The first-order valence-electron chi connectivity index (χ1n) is 10.9. The van der Waals surface area contributed by atoms with Crippen LogP contribution in [-0.2, 0) is 14.2 Å². The van der Waals surface area contributed by atoms with Crippen LogP contribution in [0.5, 0.6) is 0 Å². The molecule has 0 bridgehead atoms. The topological polar surface area (TPSA) is 103 Å². The molecule has 178 valence electrons. The summed E-state index contributed by atoms with van der Waals surface area (Å²) in [6.45, 7) is 8.91. The number of nitrogens with one attached hydrogen (secondary N) is 1. The number of nitrogens with zero attached hydrogens (tertiary/aromatic N) is 2. The van der Waals surface area contributed by atoms with Gasteiger partial charge in [0.05, 0.1) is 5.56 Å². The zero-order chi connectivity index (χ0) is 24.1. The molecule has 1 aliphatic rings. The third-order valence-electron chi connectivity index (χ3n) is 5.58. The number of hydrogen-bond acceptors (Lipinski definition) is 7. The number of aromatic amines is 1. The van der Waals surface area contributed by atoms with E-state index in [0.717, 1.165) is 5.56 Å². The lowest BCUT2D eigenvalue weighted by Gasteiger charge is -2.24. The monoisotopic (exact) mass is 475 g/mol. The number of aromatic nitrogens is 2. The maximum absolute atomic E-state index is 12.7. The first-order chi connectivity index (χ1) is 15.7. The van der Waals surface area contributed by atoms with E-state index in [-0.39, 0.29) is 13.0 Å². The van der Waals surface area contributed by atoms with E-state index in [1.807, 2.05) is 37.8 Å². The fourth-order valence-corrected chi connectivity index (χ4v) is 3.89. The summed E-state index contributed by atoms with van der Waals surface area (Å²) in [6.07, 6.45) is -0.414. The van der Waals surface area contributed by atoms with Gasteiger partial charge in [0, 0.05) is 31.3 Å². The lowest BCUT2D eigenvalue weighted by molar-refractivity contribution is -0.0512. The number of benzene rings is 1. The van der Waals surface area contributed by atoms with Crippen LogP contribution in [0.1, 0.15) is 48.0 Å². The summed E-state index contributed by atoms with van der Waals surface area (Å²) in [4.78, 5) is 41.0. The number of thiocarbonyl (C=S) groups is 1. The second-order valence-electron chi connectivity index (χ2n) is 7.90. The Labute approximate surface area is 197 Å². The Morgan fingerprint density at radius 3 is 2.52 bits per heavy atom. The Morgan fingerprint density at radius 1 is 1.21 bits per heavy atom. The van der Waals surface area contributed by atoms with E-state index >= 15 is 0 Å². The predicted octanol–water partition coefficient (Wildman–Crippen LogP) is 2.31. The van der Waals surface area contributed by atoms with Crippen molar-refractivity contribution in [3.05, 3.63) is 68.0 Å². The minimum atomic E-state index is -0.737. The number of carbonyl (C=O) groups excluding carboxylic acids is 1. The molecule has 1 aromatic heterocycles. The average Bonchev–Trinajstić information content (AvgIpc) is 3.18. The van der Waals surface area contributed by atoms with Gasteiger partial charge in [-0.05, 0) is 52.0 Å². The van der Waals surface area contributed by atoms with Crippen molar-refractivity contribution in [3.63, 3.8) is 0 Å². The molecule has 0 radical (unpaired) electrons. The van der Waals surface area contributed by atoms with E-state index in [1.54, 1.807) is 19.1 Å². The Balaban J connectivity index is 1.80. The number of esters is 1. The molecule has 2 heterocycles. The molecule has 1 N–H and O–H groups in total. The standard InChI is InChI=1S/C23H29N3O6S/c1-5-25(6-2)23(33)30-13-18-17(32-21(28)16-9-7-14(3)8-10-16)11-19(31-18)26-12-15(4)20(27)24-22(26)29/h7-10,12,17-19H,5-6,11,13H2,1-4H3,(H,24,27,29)/t17-,18+,19-/m0/s1. The molecule has 3 rings (SSSR count). The molecule has 10 heteroatoms. The Hall–Kier alpha value is -2.98. The number of H-pyrrole nitrogens is 1. The van der Waals surface area contributed by atoms with Crippen molar-refractivity contribution >= 4 is 23.4 Å². The van der Waals surface area contributed by atoms with Crippen molar-refractivity contribution < 1.29 is 19.0 Å². The van der Waals surface area contributed by atoms with E-state index in [9.17, 15) is 14.4 Å². The molecule has 2 aromatic rings. The van der Waals surface area contributed by atoms with Crippen molar-refractivity contribution in [3.8, 4) is 0 Å². The van der Waals surface area contributed by atoms with Crippen LogP contribution < -0.4 is 11.2 Å². The van der Waals surface area contributed by atoms with Crippen molar-refractivity contribution in [1.29, 1.82) is 0 Å². The van der Waals surface area contributed by atoms with Gasteiger partial charge in [0.25, 0.3) is 10.7 Å². The molecular formula is C23H29N3O6S. The minimum Gasteiger partial charge on any atom is -0.468 e. The summed E-state index contributed by atoms with van der Waals surface area (Å²) in [5.74, 6) is -0.495. The molecular weight excluding hydrogens is 446 g/mol. The summed E-state index contributed by atoms with van der Waals surface area (Å²) >= 11 is 5.34. The predicted molar refractivity (Wildman–Crippen MR) is 126 cm³/mol. The molecule has 1 fully saturated rings. The molecule has 0 aliphatic carbocycles. The molecule has 0 spiro atoms. The van der Waals surface area contributed by atoms with Crippen molar-refractivity contribution in [2.75, 3.05) is 19.7 Å². The maximum Gasteiger partial charge on any atom is 0.338 e. The number of hydrogen-bond donors (Lipinski definition) is 1. The average molecular weight is 476 g/mol. The van der Waals surface area contributed by atoms with E-state index < -0.39 is 35.7 Å². The SMILES string of the molecule is CCN(CC)C(=S)OC[C@H]1O[C@H](n2cc(C)c(=O)[nH]c2=O)C[C@@H]1OC(=O)c1ccc(C)cc1. The van der Waals surface area contributed by atoms with Gasteiger partial charge in [-0.2, -0.15) is 0 Å². The van der Waals surface area contributed by atoms with Gasteiger partial charge in [-0.3, -0.25) is 14.3 Å². The quantitative estimate of drug-likeness (QED) is 0.481. The maximum atomic E-state index is 12.7. The highest BCUT2D eigenvalue weighted by Crippen LogP contribution is 2.31. The van der Waals surface area contributed by atoms with Crippen LogP contribution in [0.15, 0.2) is 40.1 Å². The van der Waals surface area contributed by atoms with Crippen LogP contribution in [0.4, 0.5) is 0 Å². The third-order valence-corrected chi connectivity index (χ3v) is 5.95. The summed E-state index contributed by atoms with van der Waals surface area (Å²) in [6, 6.07) is 7.05. The molecule has 0 saturated carbocycles. The van der Waals surface area contributed by atoms with E-state index in [4.69, 9.17) is 26.4 Å². The van der Waals surface area contributed by atoms with Gasteiger partial charge in [-0.1, -0.05) is 17.7 Å². The van der Waals surface area contributed by atoms with Crippen LogP contribution in [0.3, 0.4) is 0 Å². The van der Waals surface area contributed by atoms with Crippen LogP contribution >= 0.6 is 12.2 Å². The number of rotatable bonds is 7. The van der Waals surface area contributed by atoms with Gasteiger partial charge in [-0.25, -0.2) is 9.59 Å². The van der Waals surface area contributed by atoms with Gasteiger partial charge in [-0.15, -0.1) is 0 Å². The minimum absolute atomic E-state index is 0.0504. The lowest BCUT2D eigenvalue weighted by Crippen LogP contribution is -2.36. The molecule has 0 amide bonds. The van der Waals surface area contributed by atoms with E-state index in [1.165, 1.54) is 10.8 Å². The molecule has 9 nitrogen and oxygen atoms in total. The number of aryl methyl sites for hydroxylation is 2. The smallest absolute Gasteiger partial charge is 0.338 e. The largest absolute Gasteiger partial charge is 0.468 e. The first kappa shape index (κ1) is 24.7. The van der Waals surface area contributed by atoms with Crippen molar-refractivity contribution in [2.24, 2.45) is 0 Å². The Kier molecular flexibility index (Phi) is 8.04. The highest BCUT2D eigenvalue weighted by Gasteiger charge is 2.40. The molecule has 1 aliphatic heterocycles. The van der Waals surface area contributed by atoms with Gasteiger partial charge in [0.1, 0.15) is 25.0 Å². The number of ether oxygens (including phenoxy) is 3. The highest BCUT2D eigenvalue weighted by molar-refractivity contribution is 7.80. The first-order valence-corrected chi connectivity index (χ1v) is 11.3. The van der Waals surface area contributed by atoms with Crippen LogP contribution in [-0.4, -0.2) is 57.5 Å². The van der Waals surface area contributed by atoms with E-state index in [0.29, 0.717) is 29.4 Å². The Morgan fingerprint density at radius 2 is 1.88 bits per heavy atom. The van der Waals surface area contributed by atoms with Crippen molar-refractivity contribution in [1.82, 2.24) is 14.5 Å².